The minimum Gasteiger partial charge on any atom is -0.479 e. The van der Waals surface area contributed by atoms with Crippen molar-refractivity contribution >= 4 is 15.7 Å². The van der Waals surface area contributed by atoms with Crippen LogP contribution in [0.5, 0.6) is 11.8 Å². The molecule has 0 radical (unpaired) electrons. The van der Waals surface area contributed by atoms with Crippen molar-refractivity contribution in [1.82, 2.24) is 10.3 Å². The van der Waals surface area contributed by atoms with Crippen LogP contribution in [0.3, 0.4) is 0 Å². The van der Waals surface area contributed by atoms with Crippen LogP contribution in [0, 0.1) is 0 Å². The molecule has 160 valence electrons. The van der Waals surface area contributed by atoms with E-state index >= 15 is 0 Å². The minimum absolute atomic E-state index is 0.0664. The average Bonchev–Trinajstić information content (AvgIpc) is 2.73. The Morgan fingerprint density at radius 3 is 2.48 bits per heavy atom. The number of nitrogens with one attached hydrogen (secondary N) is 2. The minimum atomic E-state index is -3.85. The van der Waals surface area contributed by atoms with Crippen molar-refractivity contribution in [3.63, 3.8) is 0 Å². The van der Waals surface area contributed by atoms with Gasteiger partial charge < -0.3 is 14.8 Å². The van der Waals surface area contributed by atoms with Gasteiger partial charge in [-0.3, -0.25) is 9.11 Å². The molecule has 1 aromatic heterocycles. The van der Waals surface area contributed by atoms with Crippen molar-refractivity contribution in [2.45, 2.75) is 31.1 Å². The first kappa shape index (κ1) is 22.9. The van der Waals surface area contributed by atoms with Crippen LogP contribution in [0.2, 0.25) is 0 Å². The van der Waals surface area contributed by atoms with Gasteiger partial charge in [-0.25, -0.2) is 8.42 Å². The predicted molar refractivity (Wildman–Crippen MR) is 111 cm³/mol. The number of sulfonamides is 1. The molecule has 0 spiro atoms. The molecule has 0 amide bonds. The standard InChI is InChI=1S/C20H28FN3O4S/c1-4-11-22-12-13-28-19-10-9-18(20(23-19)27-3)24-29(25,26)17-7-5-16(6-8-17)15(2)14-21/h5-10,15,22,24H,4,11-14H2,1-3H3. The molecule has 0 bridgehead atoms. The maximum Gasteiger partial charge on any atom is 0.262 e. The van der Waals surface area contributed by atoms with Gasteiger partial charge in [-0.05, 0) is 36.7 Å². The average molecular weight is 426 g/mol. The van der Waals surface area contributed by atoms with Crippen LogP contribution in [0.1, 0.15) is 31.7 Å². The monoisotopic (exact) mass is 425 g/mol. The molecule has 9 heteroatoms. The zero-order chi connectivity index (χ0) is 21.3. The highest BCUT2D eigenvalue weighted by Gasteiger charge is 2.18. The molecule has 1 unspecified atom stereocenters. The number of hydrogen-bond donors (Lipinski definition) is 2. The highest BCUT2D eigenvalue weighted by molar-refractivity contribution is 7.92. The van der Waals surface area contributed by atoms with Crippen LogP contribution in [-0.4, -0.2) is 46.9 Å². The molecule has 1 heterocycles. The number of rotatable bonds is 12. The van der Waals surface area contributed by atoms with Gasteiger partial charge in [0, 0.05) is 18.5 Å². The summed E-state index contributed by atoms with van der Waals surface area (Å²) < 4.78 is 51.3. The lowest BCUT2D eigenvalue weighted by Gasteiger charge is -2.13. The molecular formula is C20H28FN3O4S. The summed E-state index contributed by atoms with van der Waals surface area (Å²) >= 11 is 0. The number of hydrogen-bond acceptors (Lipinski definition) is 6. The van der Waals surface area contributed by atoms with Gasteiger partial charge in [-0.1, -0.05) is 26.0 Å². The smallest absolute Gasteiger partial charge is 0.262 e. The third-order valence-electron chi connectivity index (χ3n) is 4.22. The number of methoxy groups -OCH3 is 1. The molecule has 29 heavy (non-hydrogen) atoms. The fourth-order valence-corrected chi connectivity index (χ4v) is 3.59. The molecule has 0 saturated carbocycles. The number of anilines is 1. The Labute approximate surface area is 171 Å². The number of halogens is 1. The largest absolute Gasteiger partial charge is 0.479 e. The maximum atomic E-state index is 12.8. The van der Waals surface area contributed by atoms with Gasteiger partial charge >= 0.3 is 0 Å². The predicted octanol–water partition coefficient (Wildman–Crippen LogP) is 3.34. The first-order valence-electron chi connectivity index (χ1n) is 9.48. The van der Waals surface area contributed by atoms with Crippen molar-refractivity contribution in [3.8, 4) is 11.8 Å². The fraction of sp³-hybridized carbons (Fsp3) is 0.450. The number of aromatic nitrogens is 1. The molecule has 0 fully saturated rings. The van der Waals surface area contributed by atoms with Crippen molar-refractivity contribution < 1.29 is 22.3 Å². The Kier molecular flexibility index (Phi) is 8.66. The van der Waals surface area contributed by atoms with Gasteiger partial charge in [0.1, 0.15) is 12.3 Å². The summed E-state index contributed by atoms with van der Waals surface area (Å²) in [5.41, 5.74) is 0.936. The Bertz CT molecular complexity index is 876. The zero-order valence-corrected chi connectivity index (χ0v) is 17.8. The van der Waals surface area contributed by atoms with Gasteiger partial charge in [-0.2, -0.15) is 4.98 Å². The molecule has 1 aromatic carbocycles. The molecule has 2 aromatic rings. The van der Waals surface area contributed by atoms with Crippen LogP contribution in [0.25, 0.3) is 0 Å². The van der Waals surface area contributed by atoms with E-state index in [0.717, 1.165) is 18.5 Å². The topological polar surface area (TPSA) is 89.6 Å². The lowest BCUT2D eigenvalue weighted by atomic mass is 10.0. The normalized spacial score (nSPS) is 12.4. The molecule has 0 aliphatic carbocycles. The Balaban J connectivity index is 2.09. The number of nitrogens with zero attached hydrogens (tertiary/aromatic N) is 1. The van der Waals surface area contributed by atoms with E-state index in [2.05, 4.69) is 21.9 Å². The van der Waals surface area contributed by atoms with Crippen LogP contribution in [-0.2, 0) is 10.0 Å². The van der Waals surface area contributed by atoms with Gasteiger partial charge in [0.2, 0.25) is 11.8 Å². The van der Waals surface area contributed by atoms with E-state index in [1.54, 1.807) is 25.1 Å². The van der Waals surface area contributed by atoms with E-state index in [1.165, 1.54) is 25.3 Å². The quantitative estimate of drug-likeness (QED) is 0.507. The molecule has 1 atom stereocenters. The number of pyridine rings is 1. The number of benzene rings is 1. The molecule has 0 aliphatic heterocycles. The third kappa shape index (κ3) is 6.57. The summed E-state index contributed by atoms with van der Waals surface area (Å²) in [7, 11) is -2.45. The van der Waals surface area contributed by atoms with Crippen LogP contribution < -0.4 is 19.5 Å². The van der Waals surface area contributed by atoms with Crippen LogP contribution in [0.4, 0.5) is 10.1 Å². The molecule has 2 N–H and O–H groups in total. The van der Waals surface area contributed by atoms with E-state index in [-0.39, 0.29) is 22.4 Å². The van der Waals surface area contributed by atoms with E-state index < -0.39 is 16.7 Å². The van der Waals surface area contributed by atoms with Gasteiger partial charge in [0.05, 0.1) is 18.7 Å². The lowest BCUT2D eigenvalue weighted by molar-refractivity contribution is 0.296. The first-order valence-corrected chi connectivity index (χ1v) is 11.0. The molecular weight excluding hydrogens is 397 g/mol. The SMILES string of the molecule is CCCNCCOc1ccc(NS(=O)(=O)c2ccc(C(C)CF)cc2)c(OC)n1. The zero-order valence-electron chi connectivity index (χ0n) is 16.9. The number of alkyl halides is 1. The second kappa shape index (κ2) is 11.0. The first-order chi connectivity index (χ1) is 13.9. The summed E-state index contributed by atoms with van der Waals surface area (Å²) in [5.74, 6) is 0.164. The summed E-state index contributed by atoms with van der Waals surface area (Å²) in [6.07, 6.45) is 1.04. The van der Waals surface area contributed by atoms with Crippen molar-refractivity contribution in [1.29, 1.82) is 0 Å². The second-order valence-electron chi connectivity index (χ2n) is 6.53. The van der Waals surface area contributed by atoms with E-state index in [9.17, 15) is 12.8 Å². The lowest BCUT2D eigenvalue weighted by Crippen LogP contribution is -2.21. The maximum absolute atomic E-state index is 12.8. The fourth-order valence-electron chi connectivity index (χ4n) is 2.53. The van der Waals surface area contributed by atoms with E-state index in [1.807, 2.05) is 0 Å². The van der Waals surface area contributed by atoms with E-state index in [0.29, 0.717) is 19.0 Å². The van der Waals surface area contributed by atoms with Crippen molar-refractivity contribution in [2.75, 3.05) is 38.2 Å². The van der Waals surface area contributed by atoms with Crippen LogP contribution in [0.15, 0.2) is 41.3 Å². The number of ether oxygens (including phenoxy) is 2. The summed E-state index contributed by atoms with van der Waals surface area (Å²) in [4.78, 5) is 4.26. The van der Waals surface area contributed by atoms with Crippen molar-refractivity contribution in [2.24, 2.45) is 0 Å². The van der Waals surface area contributed by atoms with E-state index in [4.69, 9.17) is 9.47 Å². The molecule has 2 rings (SSSR count). The Morgan fingerprint density at radius 2 is 1.86 bits per heavy atom. The summed E-state index contributed by atoms with van der Waals surface area (Å²) in [5, 5.41) is 3.21. The van der Waals surface area contributed by atoms with Gasteiger partial charge in [-0.15, -0.1) is 0 Å². The molecule has 0 saturated heterocycles. The van der Waals surface area contributed by atoms with Crippen molar-refractivity contribution in [3.05, 3.63) is 42.0 Å². The Morgan fingerprint density at radius 1 is 1.14 bits per heavy atom. The highest BCUT2D eigenvalue weighted by atomic mass is 32.2. The molecule has 7 nitrogen and oxygen atoms in total. The Hall–Kier alpha value is -2.39. The second-order valence-corrected chi connectivity index (χ2v) is 8.22. The summed E-state index contributed by atoms with van der Waals surface area (Å²) in [6, 6.07) is 9.23. The van der Waals surface area contributed by atoms with Gasteiger partial charge in [0.25, 0.3) is 10.0 Å². The van der Waals surface area contributed by atoms with Crippen LogP contribution >= 0.6 is 0 Å². The third-order valence-corrected chi connectivity index (χ3v) is 5.60. The van der Waals surface area contributed by atoms with Gasteiger partial charge in [0.15, 0.2) is 0 Å². The summed E-state index contributed by atoms with van der Waals surface area (Å²) in [6.45, 7) is 5.35. The molecule has 0 aliphatic rings. The highest BCUT2D eigenvalue weighted by Crippen LogP contribution is 2.28.